The number of aromatic nitrogens is 2. The highest BCUT2D eigenvalue weighted by Gasteiger charge is 2.11. The molecule has 4 nitrogen and oxygen atoms in total. The number of carbonyl (C=O) groups is 1. The van der Waals surface area contributed by atoms with Gasteiger partial charge in [0, 0.05) is 10.3 Å². The number of hydrogen-bond donors (Lipinski definition) is 1. The second-order valence-corrected chi connectivity index (χ2v) is 6.03. The van der Waals surface area contributed by atoms with Gasteiger partial charge in [0.2, 0.25) is 6.41 Å². The molecule has 0 unspecified atom stereocenters. The van der Waals surface area contributed by atoms with Crippen LogP contribution in [0.2, 0.25) is 0 Å². The fraction of sp³-hybridized carbons (Fsp3) is 0.0714. The standard InChI is InChI=1S/C14H11N3OS2/c1-9-6-19-13-12(9)14(16-7-15-13)20-11-5-3-2-4-10(11)17-8-18/h2-8H,1H3,(H,17,18). The van der Waals surface area contributed by atoms with Crippen molar-refractivity contribution in [2.75, 3.05) is 5.32 Å². The second kappa shape index (κ2) is 5.60. The van der Waals surface area contributed by atoms with Crippen molar-refractivity contribution in [1.29, 1.82) is 0 Å². The van der Waals surface area contributed by atoms with Crippen LogP contribution in [0.1, 0.15) is 5.56 Å². The molecule has 6 heteroatoms. The number of anilines is 1. The molecule has 0 aliphatic heterocycles. The van der Waals surface area contributed by atoms with E-state index in [0.717, 1.165) is 25.8 Å². The Morgan fingerprint density at radius 2 is 2.15 bits per heavy atom. The van der Waals surface area contributed by atoms with Gasteiger partial charge < -0.3 is 5.32 Å². The number of para-hydroxylation sites is 1. The smallest absolute Gasteiger partial charge is 0.211 e. The zero-order chi connectivity index (χ0) is 13.9. The van der Waals surface area contributed by atoms with E-state index in [1.165, 1.54) is 17.3 Å². The molecule has 0 bridgehead atoms. The fourth-order valence-corrected chi connectivity index (χ4v) is 3.91. The maximum absolute atomic E-state index is 10.7. The summed E-state index contributed by atoms with van der Waals surface area (Å²) in [5.74, 6) is 0. The van der Waals surface area contributed by atoms with E-state index in [1.807, 2.05) is 24.3 Å². The minimum atomic E-state index is 0.685. The molecule has 0 atom stereocenters. The lowest BCUT2D eigenvalue weighted by Crippen LogP contribution is -1.95. The summed E-state index contributed by atoms with van der Waals surface area (Å²) in [6.45, 7) is 2.06. The highest BCUT2D eigenvalue weighted by atomic mass is 32.2. The molecule has 20 heavy (non-hydrogen) atoms. The first-order valence-corrected chi connectivity index (χ1v) is 7.65. The van der Waals surface area contributed by atoms with E-state index < -0.39 is 0 Å². The SMILES string of the molecule is Cc1csc2ncnc(Sc3ccccc3NC=O)c12. The molecule has 100 valence electrons. The number of thiophene rings is 1. The van der Waals surface area contributed by atoms with E-state index in [0.29, 0.717) is 6.41 Å². The Balaban J connectivity index is 2.05. The monoisotopic (exact) mass is 301 g/mol. The van der Waals surface area contributed by atoms with Crippen molar-refractivity contribution in [1.82, 2.24) is 9.97 Å². The molecule has 0 radical (unpaired) electrons. The average Bonchev–Trinajstić information content (AvgIpc) is 2.84. The molecule has 0 aliphatic carbocycles. The molecule has 1 amide bonds. The molecule has 2 aromatic heterocycles. The Kier molecular flexibility index (Phi) is 3.66. The molecular formula is C14H11N3OS2. The van der Waals surface area contributed by atoms with Gasteiger partial charge in [0.25, 0.3) is 0 Å². The van der Waals surface area contributed by atoms with E-state index in [1.54, 1.807) is 17.7 Å². The minimum absolute atomic E-state index is 0.685. The summed E-state index contributed by atoms with van der Waals surface area (Å²) in [7, 11) is 0. The Morgan fingerprint density at radius 1 is 1.30 bits per heavy atom. The van der Waals surface area contributed by atoms with Gasteiger partial charge in [-0.1, -0.05) is 23.9 Å². The Labute approximate surface area is 124 Å². The van der Waals surface area contributed by atoms with Crippen LogP contribution in [-0.4, -0.2) is 16.4 Å². The summed E-state index contributed by atoms with van der Waals surface area (Å²) in [5, 5.41) is 6.79. The summed E-state index contributed by atoms with van der Waals surface area (Å²) in [6.07, 6.45) is 2.27. The van der Waals surface area contributed by atoms with Gasteiger partial charge in [0.1, 0.15) is 16.2 Å². The predicted molar refractivity (Wildman–Crippen MR) is 82.4 cm³/mol. The van der Waals surface area contributed by atoms with E-state index in [2.05, 4.69) is 27.6 Å². The number of fused-ring (bicyclic) bond motifs is 1. The number of rotatable bonds is 4. The van der Waals surface area contributed by atoms with Gasteiger partial charge in [-0.15, -0.1) is 11.3 Å². The molecule has 3 aromatic rings. The van der Waals surface area contributed by atoms with Crippen molar-refractivity contribution in [3.8, 4) is 0 Å². The zero-order valence-corrected chi connectivity index (χ0v) is 12.3. The maximum atomic E-state index is 10.7. The average molecular weight is 301 g/mol. The van der Waals surface area contributed by atoms with Crippen molar-refractivity contribution >= 4 is 45.4 Å². The topological polar surface area (TPSA) is 54.9 Å². The first-order valence-electron chi connectivity index (χ1n) is 5.95. The molecular weight excluding hydrogens is 290 g/mol. The predicted octanol–water partition coefficient (Wildman–Crippen LogP) is 3.72. The second-order valence-electron chi connectivity index (χ2n) is 4.14. The number of nitrogens with one attached hydrogen (secondary N) is 1. The van der Waals surface area contributed by atoms with Crippen molar-refractivity contribution in [2.45, 2.75) is 16.8 Å². The van der Waals surface area contributed by atoms with Gasteiger partial charge in [-0.3, -0.25) is 4.79 Å². The van der Waals surface area contributed by atoms with Gasteiger partial charge >= 0.3 is 0 Å². The van der Waals surface area contributed by atoms with Gasteiger partial charge in [-0.2, -0.15) is 0 Å². The number of amides is 1. The number of nitrogens with zero attached hydrogens (tertiary/aromatic N) is 2. The maximum Gasteiger partial charge on any atom is 0.211 e. The van der Waals surface area contributed by atoms with Crippen LogP contribution >= 0.6 is 23.1 Å². The van der Waals surface area contributed by atoms with Crippen LogP contribution in [0.5, 0.6) is 0 Å². The van der Waals surface area contributed by atoms with Crippen LogP contribution in [0.25, 0.3) is 10.2 Å². The molecule has 0 saturated carbocycles. The Hall–Kier alpha value is -1.92. The molecule has 0 fully saturated rings. The number of hydrogen-bond acceptors (Lipinski definition) is 5. The highest BCUT2D eigenvalue weighted by Crippen LogP contribution is 2.37. The van der Waals surface area contributed by atoms with Crippen LogP contribution in [0.15, 0.2) is 45.9 Å². The Morgan fingerprint density at radius 3 is 3.00 bits per heavy atom. The summed E-state index contributed by atoms with van der Waals surface area (Å²) >= 11 is 3.15. The highest BCUT2D eigenvalue weighted by molar-refractivity contribution is 7.99. The van der Waals surface area contributed by atoms with Crippen LogP contribution in [0, 0.1) is 6.92 Å². The van der Waals surface area contributed by atoms with Crippen LogP contribution in [-0.2, 0) is 4.79 Å². The largest absolute Gasteiger partial charge is 0.328 e. The fourth-order valence-electron chi connectivity index (χ4n) is 1.90. The molecule has 1 N–H and O–H groups in total. The summed E-state index contributed by atoms with van der Waals surface area (Å²) in [5.41, 5.74) is 1.96. The molecule has 2 heterocycles. The molecule has 1 aromatic carbocycles. The third kappa shape index (κ3) is 2.39. The van der Waals surface area contributed by atoms with E-state index in [4.69, 9.17) is 0 Å². The quantitative estimate of drug-likeness (QED) is 0.589. The third-order valence-corrected chi connectivity index (χ3v) is 4.91. The van der Waals surface area contributed by atoms with E-state index >= 15 is 0 Å². The van der Waals surface area contributed by atoms with Crippen molar-refractivity contribution < 1.29 is 4.79 Å². The third-order valence-electron chi connectivity index (χ3n) is 2.83. The van der Waals surface area contributed by atoms with E-state index in [-0.39, 0.29) is 0 Å². The zero-order valence-electron chi connectivity index (χ0n) is 10.7. The summed E-state index contributed by atoms with van der Waals surface area (Å²) in [4.78, 5) is 21.3. The number of benzene rings is 1. The van der Waals surface area contributed by atoms with Gasteiger partial charge in [0.05, 0.1) is 5.69 Å². The van der Waals surface area contributed by atoms with Crippen molar-refractivity contribution in [2.24, 2.45) is 0 Å². The summed E-state index contributed by atoms with van der Waals surface area (Å²) < 4.78 is 0. The first-order chi connectivity index (χ1) is 9.79. The molecule has 0 aliphatic rings. The summed E-state index contributed by atoms with van der Waals surface area (Å²) in [6, 6.07) is 7.67. The molecule has 0 spiro atoms. The number of carbonyl (C=O) groups excluding carboxylic acids is 1. The Bertz CT molecular complexity index is 770. The van der Waals surface area contributed by atoms with Crippen LogP contribution in [0.4, 0.5) is 5.69 Å². The minimum Gasteiger partial charge on any atom is -0.328 e. The normalized spacial score (nSPS) is 10.7. The van der Waals surface area contributed by atoms with Gasteiger partial charge in [-0.25, -0.2) is 9.97 Å². The van der Waals surface area contributed by atoms with Crippen LogP contribution < -0.4 is 5.32 Å². The lowest BCUT2D eigenvalue weighted by atomic mass is 10.3. The van der Waals surface area contributed by atoms with Gasteiger partial charge in [-0.05, 0) is 30.0 Å². The van der Waals surface area contributed by atoms with Gasteiger partial charge in [0.15, 0.2) is 0 Å². The van der Waals surface area contributed by atoms with Crippen LogP contribution in [0.3, 0.4) is 0 Å². The lowest BCUT2D eigenvalue weighted by Gasteiger charge is -2.08. The molecule has 0 saturated heterocycles. The van der Waals surface area contributed by atoms with Crippen molar-refractivity contribution in [3.05, 3.63) is 41.5 Å². The van der Waals surface area contributed by atoms with Crippen molar-refractivity contribution in [3.63, 3.8) is 0 Å². The lowest BCUT2D eigenvalue weighted by molar-refractivity contribution is -0.105. The van der Waals surface area contributed by atoms with E-state index in [9.17, 15) is 4.79 Å². The molecule has 3 rings (SSSR count). The number of aryl methyl sites for hydroxylation is 1. The first kappa shape index (κ1) is 13.1.